The third-order valence-electron chi connectivity index (χ3n) is 3.71. The molecule has 0 amide bonds. The molecule has 0 saturated heterocycles. The van der Waals surface area contributed by atoms with Crippen LogP contribution in [0, 0.1) is 20.8 Å². The summed E-state index contributed by atoms with van der Waals surface area (Å²) >= 11 is 5.92. The van der Waals surface area contributed by atoms with Gasteiger partial charge < -0.3 is 10.6 Å². The Morgan fingerprint density at radius 2 is 1.56 bits per heavy atom. The molecule has 25 heavy (non-hydrogen) atoms. The molecule has 0 fully saturated rings. The van der Waals surface area contributed by atoms with Crippen molar-refractivity contribution >= 4 is 29.1 Å². The lowest BCUT2D eigenvalue weighted by atomic mass is 10.1. The maximum Gasteiger partial charge on any atom is 0.225 e. The molecule has 0 aliphatic carbocycles. The summed E-state index contributed by atoms with van der Waals surface area (Å²) in [7, 11) is 0. The summed E-state index contributed by atoms with van der Waals surface area (Å²) in [5.41, 5.74) is 5.49. The Balaban J connectivity index is 1.74. The van der Waals surface area contributed by atoms with E-state index in [1.54, 1.807) is 0 Å². The van der Waals surface area contributed by atoms with Crippen LogP contribution in [-0.4, -0.2) is 9.97 Å². The first kappa shape index (κ1) is 17.2. The summed E-state index contributed by atoms with van der Waals surface area (Å²) in [5, 5.41) is 7.36. The molecule has 1 heterocycles. The Labute approximate surface area is 153 Å². The van der Waals surface area contributed by atoms with Crippen LogP contribution in [0.2, 0.25) is 5.02 Å². The molecule has 0 spiro atoms. The van der Waals surface area contributed by atoms with Gasteiger partial charge in [-0.15, -0.1) is 0 Å². The number of benzene rings is 2. The van der Waals surface area contributed by atoms with Gasteiger partial charge in [-0.25, -0.2) is 4.98 Å². The van der Waals surface area contributed by atoms with Gasteiger partial charge in [-0.3, -0.25) is 0 Å². The largest absolute Gasteiger partial charge is 0.350 e. The molecule has 0 unspecified atom stereocenters. The number of hydrogen-bond acceptors (Lipinski definition) is 4. The number of halogens is 1. The average Bonchev–Trinajstić information content (AvgIpc) is 2.53. The zero-order chi connectivity index (χ0) is 17.8. The zero-order valence-corrected chi connectivity index (χ0v) is 15.4. The number of aromatic nitrogens is 2. The lowest BCUT2D eigenvalue weighted by Crippen LogP contribution is -2.06. The third-order valence-corrected chi connectivity index (χ3v) is 3.96. The minimum Gasteiger partial charge on any atom is -0.350 e. The van der Waals surface area contributed by atoms with Crippen molar-refractivity contribution in [1.82, 2.24) is 9.97 Å². The lowest BCUT2D eigenvalue weighted by Gasteiger charge is -2.11. The van der Waals surface area contributed by atoms with Gasteiger partial charge in [0.1, 0.15) is 5.82 Å². The molecule has 0 bridgehead atoms. The van der Waals surface area contributed by atoms with Crippen molar-refractivity contribution in [2.45, 2.75) is 27.3 Å². The van der Waals surface area contributed by atoms with Gasteiger partial charge in [0.25, 0.3) is 0 Å². The van der Waals surface area contributed by atoms with Crippen molar-refractivity contribution in [3.05, 3.63) is 75.9 Å². The number of rotatable bonds is 5. The Bertz CT molecular complexity index is 855. The minimum absolute atomic E-state index is 0.599. The molecule has 3 rings (SSSR count). The number of aryl methyl sites for hydroxylation is 3. The van der Waals surface area contributed by atoms with Gasteiger partial charge in [0.2, 0.25) is 5.95 Å². The van der Waals surface area contributed by atoms with Crippen molar-refractivity contribution < 1.29 is 0 Å². The van der Waals surface area contributed by atoms with Crippen LogP contribution in [0.3, 0.4) is 0 Å². The molecule has 2 N–H and O–H groups in total. The monoisotopic (exact) mass is 352 g/mol. The highest BCUT2D eigenvalue weighted by molar-refractivity contribution is 6.30. The van der Waals surface area contributed by atoms with Crippen LogP contribution in [0.4, 0.5) is 17.5 Å². The molecule has 1 aromatic heterocycles. The van der Waals surface area contributed by atoms with Gasteiger partial charge in [-0.1, -0.05) is 29.8 Å². The quantitative estimate of drug-likeness (QED) is 0.644. The van der Waals surface area contributed by atoms with E-state index in [2.05, 4.69) is 52.6 Å². The standard InChI is InChI=1S/C20H21ClN4/c1-13-8-14(2)10-18(9-13)24-19-11-15(3)23-20(25-19)22-12-16-4-6-17(21)7-5-16/h4-11H,12H2,1-3H3,(H2,22,23,24,25). The molecule has 0 aliphatic heterocycles. The van der Waals surface area contributed by atoms with E-state index in [4.69, 9.17) is 11.6 Å². The second kappa shape index (κ2) is 7.53. The molecule has 4 nitrogen and oxygen atoms in total. The topological polar surface area (TPSA) is 49.8 Å². The van der Waals surface area contributed by atoms with Crippen LogP contribution in [0.5, 0.6) is 0 Å². The van der Waals surface area contributed by atoms with Gasteiger partial charge in [0, 0.05) is 29.0 Å². The van der Waals surface area contributed by atoms with Crippen LogP contribution < -0.4 is 10.6 Å². The fraction of sp³-hybridized carbons (Fsp3) is 0.200. The zero-order valence-electron chi connectivity index (χ0n) is 14.6. The van der Waals surface area contributed by atoms with Crippen molar-refractivity contribution in [3.8, 4) is 0 Å². The van der Waals surface area contributed by atoms with Crippen LogP contribution in [-0.2, 0) is 6.54 Å². The highest BCUT2D eigenvalue weighted by atomic mass is 35.5. The fourth-order valence-electron chi connectivity index (χ4n) is 2.69. The molecule has 5 heteroatoms. The average molecular weight is 353 g/mol. The Morgan fingerprint density at radius 1 is 0.880 bits per heavy atom. The smallest absolute Gasteiger partial charge is 0.225 e. The first-order chi connectivity index (χ1) is 12.0. The summed E-state index contributed by atoms with van der Waals surface area (Å²) in [6.07, 6.45) is 0. The van der Waals surface area contributed by atoms with Crippen LogP contribution in [0.1, 0.15) is 22.4 Å². The predicted octanol–water partition coefficient (Wildman–Crippen LogP) is 5.41. The number of nitrogens with zero attached hydrogens (tertiary/aromatic N) is 2. The second-order valence-electron chi connectivity index (χ2n) is 6.20. The van der Waals surface area contributed by atoms with E-state index in [1.165, 1.54) is 11.1 Å². The first-order valence-corrected chi connectivity index (χ1v) is 8.55. The van der Waals surface area contributed by atoms with Gasteiger partial charge in [0.05, 0.1) is 0 Å². The third kappa shape index (κ3) is 4.94. The first-order valence-electron chi connectivity index (χ1n) is 8.17. The van der Waals surface area contributed by atoms with E-state index in [0.717, 1.165) is 27.8 Å². The summed E-state index contributed by atoms with van der Waals surface area (Å²) in [5.74, 6) is 1.37. The maximum absolute atomic E-state index is 5.92. The Kier molecular flexibility index (Phi) is 5.19. The van der Waals surface area contributed by atoms with E-state index in [9.17, 15) is 0 Å². The van der Waals surface area contributed by atoms with Gasteiger partial charge >= 0.3 is 0 Å². The Morgan fingerprint density at radius 3 is 2.24 bits per heavy atom. The van der Waals surface area contributed by atoms with Gasteiger partial charge in [-0.2, -0.15) is 4.98 Å². The van der Waals surface area contributed by atoms with Crippen molar-refractivity contribution in [3.63, 3.8) is 0 Å². The maximum atomic E-state index is 5.92. The summed E-state index contributed by atoms with van der Waals surface area (Å²) in [4.78, 5) is 9.02. The van der Waals surface area contributed by atoms with E-state index in [1.807, 2.05) is 37.3 Å². The minimum atomic E-state index is 0.599. The fourth-order valence-corrected chi connectivity index (χ4v) is 2.82. The molecule has 0 saturated carbocycles. The van der Waals surface area contributed by atoms with Crippen molar-refractivity contribution in [2.24, 2.45) is 0 Å². The summed E-state index contributed by atoms with van der Waals surface area (Å²) in [6.45, 7) is 6.77. The van der Waals surface area contributed by atoms with Gasteiger partial charge in [0.15, 0.2) is 0 Å². The highest BCUT2D eigenvalue weighted by Gasteiger charge is 2.04. The number of anilines is 3. The molecular formula is C20H21ClN4. The van der Waals surface area contributed by atoms with E-state index in [-0.39, 0.29) is 0 Å². The second-order valence-corrected chi connectivity index (χ2v) is 6.64. The molecule has 128 valence electrons. The summed E-state index contributed by atoms with van der Waals surface area (Å²) < 4.78 is 0. The predicted molar refractivity (Wildman–Crippen MR) is 105 cm³/mol. The molecule has 3 aromatic rings. The van der Waals surface area contributed by atoms with Crippen LogP contribution >= 0.6 is 11.6 Å². The Hall–Kier alpha value is -2.59. The summed E-state index contributed by atoms with van der Waals surface area (Å²) in [6, 6.07) is 16.0. The highest BCUT2D eigenvalue weighted by Crippen LogP contribution is 2.20. The SMILES string of the molecule is Cc1cc(C)cc(Nc2cc(C)nc(NCc3ccc(Cl)cc3)n2)c1. The molecule has 0 atom stereocenters. The molecule has 2 aromatic carbocycles. The van der Waals surface area contributed by atoms with E-state index in [0.29, 0.717) is 12.5 Å². The molecule has 0 radical (unpaired) electrons. The molecule has 0 aliphatic rings. The van der Waals surface area contributed by atoms with Crippen molar-refractivity contribution in [2.75, 3.05) is 10.6 Å². The normalized spacial score (nSPS) is 10.6. The number of hydrogen-bond donors (Lipinski definition) is 2. The van der Waals surface area contributed by atoms with E-state index >= 15 is 0 Å². The van der Waals surface area contributed by atoms with Crippen molar-refractivity contribution in [1.29, 1.82) is 0 Å². The lowest BCUT2D eigenvalue weighted by molar-refractivity contribution is 1.03. The molecular weight excluding hydrogens is 332 g/mol. The van der Waals surface area contributed by atoms with Crippen LogP contribution in [0.15, 0.2) is 48.5 Å². The number of nitrogens with one attached hydrogen (secondary N) is 2. The van der Waals surface area contributed by atoms with Gasteiger partial charge in [-0.05, 0) is 61.7 Å². The van der Waals surface area contributed by atoms with E-state index < -0.39 is 0 Å². The van der Waals surface area contributed by atoms with Crippen LogP contribution in [0.25, 0.3) is 0 Å².